The lowest BCUT2D eigenvalue weighted by molar-refractivity contribution is 0.203. The van der Waals surface area contributed by atoms with Gasteiger partial charge in [0, 0.05) is 17.3 Å². The van der Waals surface area contributed by atoms with Gasteiger partial charge in [0.2, 0.25) is 0 Å². The van der Waals surface area contributed by atoms with E-state index in [0.29, 0.717) is 5.92 Å². The quantitative estimate of drug-likeness (QED) is 0.832. The summed E-state index contributed by atoms with van der Waals surface area (Å²) in [7, 11) is 0. The highest BCUT2D eigenvalue weighted by molar-refractivity contribution is 5.51. The lowest BCUT2D eigenvalue weighted by Crippen LogP contribution is -2.26. The normalized spacial score (nSPS) is 31.5. The van der Waals surface area contributed by atoms with Crippen molar-refractivity contribution in [2.75, 3.05) is 11.9 Å². The van der Waals surface area contributed by atoms with Crippen LogP contribution in [0.15, 0.2) is 36.0 Å². The van der Waals surface area contributed by atoms with Crippen LogP contribution in [0.1, 0.15) is 40.0 Å². The number of nitrogens with one attached hydrogen (secondary N) is 1. The van der Waals surface area contributed by atoms with Crippen molar-refractivity contribution in [3.63, 3.8) is 0 Å². The summed E-state index contributed by atoms with van der Waals surface area (Å²) in [6.07, 6.45) is 6.59. The number of hydrogen-bond acceptors (Lipinski definition) is 2. The van der Waals surface area contributed by atoms with Gasteiger partial charge < -0.3 is 10.1 Å². The molecule has 0 bridgehead atoms. The van der Waals surface area contributed by atoms with Crippen molar-refractivity contribution < 1.29 is 4.74 Å². The van der Waals surface area contributed by atoms with Crippen molar-refractivity contribution in [2.24, 2.45) is 23.7 Å². The molecule has 2 aliphatic carbocycles. The van der Waals surface area contributed by atoms with Gasteiger partial charge in [-0.25, -0.2) is 0 Å². The Kier molecular flexibility index (Phi) is 4.23. The second-order valence-corrected chi connectivity index (χ2v) is 6.75. The fraction of sp³-hybridized carbons (Fsp3) is 0.579. The van der Waals surface area contributed by atoms with Crippen LogP contribution < -0.4 is 10.1 Å². The van der Waals surface area contributed by atoms with Crippen molar-refractivity contribution in [1.82, 2.24) is 0 Å². The van der Waals surface area contributed by atoms with E-state index in [1.165, 1.54) is 30.6 Å². The first-order chi connectivity index (χ1) is 10.2. The fourth-order valence-corrected chi connectivity index (χ4v) is 4.02. The number of ether oxygens (including phenoxy) is 1. The molecule has 2 heteroatoms. The Labute approximate surface area is 128 Å². The van der Waals surface area contributed by atoms with Crippen molar-refractivity contribution in [3.8, 4) is 5.75 Å². The summed E-state index contributed by atoms with van der Waals surface area (Å²) in [6, 6.07) is 8.34. The fourth-order valence-electron chi connectivity index (χ4n) is 4.02. The second-order valence-electron chi connectivity index (χ2n) is 6.75. The van der Waals surface area contributed by atoms with E-state index >= 15 is 0 Å². The molecule has 0 radical (unpaired) electrons. The predicted molar refractivity (Wildman–Crippen MR) is 88.5 cm³/mol. The summed E-state index contributed by atoms with van der Waals surface area (Å²) in [5.41, 5.74) is 2.62. The maximum Gasteiger partial charge on any atom is 0.119 e. The third-order valence-electron chi connectivity index (χ3n) is 5.14. The van der Waals surface area contributed by atoms with Crippen LogP contribution in [-0.2, 0) is 0 Å². The zero-order chi connectivity index (χ0) is 14.8. The maximum absolute atomic E-state index is 5.51. The van der Waals surface area contributed by atoms with E-state index in [0.717, 1.165) is 30.1 Å². The molecule has 2 nitrogen and oxygen atoms in total. The van der Waals surface area contributed by atoms with Crippen LogP contribution in [0.3, 0.4) is 0 Å². The molecule has 1 fully saturated rings. The number of benzene rings is 1. The Hall–Kier alpha value is -1.44. The summed E-state index contributed by atoms with van der Waals surface area (Å²) >= 11 is 0. The summed E-state index contributed by atoms with van der Waals surface area (Å²) < 4.78 is 5.51. The SMILES string of the molecule is CCOc1ccc(NC2=CC(C)[C@@H]3CC[C@@H](C)C[C@@H]23)cc1. The van der Waals surface area contributed by atoms with E-state index in [1.54, 1.807) is 0 Å². The molecule has 0 aliphatic heterocycles. The molecule has 1 aromatic carbocycles. The highest BCUT2D eigenvalue weighted by Crippen LogP contribution is 2.47. The van der Waals surface area contributed by atoms with Crippen LogP contribution in [0.4, 0.5) is 5.69 Å². The minimum Gasteiger partial charge on any atom is -0.494 e. The number of hydrogen-bond donors (Lipinski definition) is 1. The topological polar surface area (TPSA) is 21.3 Å². The van der Waals surface area contributed by atoms with E-state index in [9.17, 15) is 0 Å². The molecule has 0 spiro atoms. The highest BCUT2D eigenvalue weighted by Gasteiger charge is 2.38. The van der Waals surface area contributed by atoms with Crippen molar-refractivity contribution in [3.05, 3.63) is 36.0 Å². The third-order valence-corrected chi connectivity index (χ3v) is 5.14. The van der Waals surface area contributed by atoms with Crippen LogP contribution in [0.5, 0.6) is 5.75 Å². The Morgan fingerprint density at radius 3 is 2.62 bits per heavy atom. The van der Waals surface area contributed by atoms with Gasteiger partial charge >= 0.3 is 0 Å². The van der Waals surface area contributed by atoms with Gasteiger partial charge in [0.1, 0.15) is 5.75 Å². The lowest BCUT2D eigenvalue weighted by Gasteiger charge is -2.34. The molecule has 1 saturated carbocycles. The number of rotatable bonds is 4. The van der Waals surface area contributed by atoms with Crippen LogP contribution in [0.2, 0.25) is 0 Å². The number of fused-ring (bicyclic) bond motifs is 1. The van der Waals surface area contributed by atoms with Crippen LogP contribution in [0, 0.1) is 23.7 Å². The molecule has 2 aliphatic rings. The summed E-state index contributed by atoms with van der Waals surface area (Å²) in [4.78, 5) is 0. The molecule has 21 heavy (non-hydrogen) atoms. The van der Waals surface area contributed by atoms with Gasteiger partial charge in [0.05, 0.1) is 6.61 Å². The summed E-state index contributed by atoms with van der Waals surface area (Å²) in [5.74, 6) is 4.11. The van der Waals surface area contributed by atoms with Crippen molar-refractivity contribution >= 4 is 5.69 Å². The Balaban J connectivity index is 1.70. The van der Waals surface area contributed by atoms with Gasteiger partial charge in [-0.2, -0.15) is 0 Å². The van der Waals surface area contributed by atoms with E-state index in [-0.39, 0.29) is 0 Å². The Morgan fingerprint density at radius 2 is 1.90 bits per heavy atom. The maximum atomic E-state index is 5.51. The lowest BCUT2D eigenvalue weighted by atomic mass is 9.73. The molecule has 3 rings (SSSR count). The first kappa shape index (κ1) is 14.5. The molecule has 1 N–H and O–H groups in total. The molecule has 0 heterocycles. The van der Waals surface area contributed by atoms with Gasteiger partial charge in [-0.15, -0.1) is 0 Å². The van der Waals surface area contributed by atoms with Gasteiger partial charge in [0.15, 0.2) is 0 Å². The molecule has 1 unspecified atom stereocenters. The summed E-state index contributed by atoms with van der Waals surface area (Å²) in [6.45, 7) is 7.51. The monoisotopic (exact) mass is 285 g/mol. The second kappa shape index (κ2) is 6.13. The Morgan fingerprint density at radius 1 is 1.14 bits per heavy atom. The van der Waals surface area contributed by atoms with Gasteiger partial charge in [0.25, 0.3) is 0 Å². The molecule has 4 atom stereocenters. The van der Waals surface area contributed by atoms with E-state index in [4.69, 9.17) is 4.74 Å². The number of allylic oxidation sites excluding steroid dienone is 2. The van der Waals surface area contributed by atoms with Gasteiger partial charge in [-0.05, 0) is 61.8 Å². The van der Waals surface area contributed by atoms with Gasteiger partial charge in [-0.1, -0.05) is 26.3 Å². The average Bonchev–Trinajstić information content (AvgIpc) is 2.77. The molecular formula is C19H27NO. The van der Waals surface area contributed by atoms with Crippen molar-refractivity contribution in [2.45, 2.75) is 40.0 Å². The largest absolute Gasteiger partial charge is 0.494 e. The number of anilines is 1. The van der Waals surface area contributed by atoms with E-state index in [1.807, 2.05) is 19.1 Å². The summed E-state index contributed by atoms with van der Waals surface area (Å²) in [5, 5.41) is 3.67. The molecule has 0 aromatic heterocycles. The van der Waals surface area contributed by atoms with Gasteiger partial charge in [-0.3, -0.25) is 0 Å². The van der Waals surface area contributed by atoms with E-state index < -0.39 is 0 Å². The van der Waals surface area contributed by atoms with E-state index in [2.05, 4.69) is 37.4 Å². The van der Waals surface area contributed by atoms with Crippen LogP contribution in [0.25, 0.3) is 0 Å². The predicted octanol–water partition coefficient (Wildman–Crippen LogP) is 5.08. The Bertz CT molecular complexity index is 505. The standard InChI is InChI=1S/C19H27NO/c1-4-21-16-8-6-15(7-9-16)20-19-12-14(3)17-10-5-13(2)11-18(17)19/h6-9,12-14,17-18,20H,4-5,10-11H2,1-3H3/t13-,14?,17+,18-/m1/s1. The zero-order valence-electron chi connectivity index (χ0n) is 13.4. The average molecular weight is 285 g/mol. The molecule has 1 aromatic rings. The highest BCUT2D eigenvalue weighted by atomic mass is 16.5. The van der Waals surface area contributed by atoms with Crippen LogP contribution in [-0.4, -0.2) is 6.61 Å². The molecular weight excluding hydrogens is 258 g/mol. The third kappa shape index (κ3) is 3.09. The first-order valence-corrected chi connectivity index (χ1v) is 8.39. The first-order valence-electron chi connectivity index (χ1n) is 8.39. The minimum atomic E-state index is 0.715. The minimum absolute atomic E-state index is 0.715. The molecule has 0 saturated heterocycles. The van der Waals surface area contributed by atoms with Crippen LogP contribution >= 0.6 is 0 Å². The smallest absolute Gasteiger partial charge is 0.119 e. The zero-order valence-corrected chi connectivity index (χ0v) is 13.4. The molecule has 0 amide bonds. The van der Waals surface area contributed by atoms with Crippen molar-refractivity contribution in [1.29, 1.82) is 0 Å². The molecule has 114 valence electrons.